The van der Waals surface area contributed by atoms with E-state index in [4.69, 9.17) is 5.73 Å². The highest BCUT2D eigenvalue weighted by molar-refractivity contribution is 6.00. The Morgan fingerprint density at radius 3 is 2.29 bits per heavy atom. The van der Waals surface area contributed by atoms with Crippen molar-refractivity contribution in [2.24, 2.45) is 5.73 Å². The summed E-state index contributed by atoms with van der Waals surface area (Å²) < 4.78 is 0. The third-order valence-corrected chi connectivity index (χ3v) is 2.81. The molecule has 0 aliphatic heterocycles. The number of nitrogens with two attached hydrogens (primary N) is 1. The van der Waals surface area contributed by atoms with Crippen molar-refractivity contribution in [3.8, 4) is 11.1 Å². The van der Waals surface area contributed by atoms with E-state index in [0.29, 0.717) is 6.54 Å². The van der Waals surface area contributed by atoms with Crippen molar-refractivity contribution in [2.45, 2.75) is 13.5 Å². The van der Waals surface area contributed by atoms with E-state index >= 15 is 0 Å². The first-order valence-electron chi connectivity index (χ1n) is 5.61. The molecule has 0 saturated carbocycles. The lowest BCUT2D eigenvalue weighted by Crippen LogP contribution is -1.97. The summed E-state index contributed by atoms with van der Waals surface area (Å²) in [6.45, 7) is 2.13. The molecule has 0 fully saturated rings. The molecule has 0 spiro atoms. The van der Waals surface area contributed by atoms with E-state index in [-0.39, 0.29) is 5.78 Å². The van der Waals surface area contributed by atoms with Crippen LogP contribution in [0.1, 0.15) is 22.8 Å². The molecule has 2 rings (SSSR count). The Morgan fingerprint density at radius 1 is 1.06 bits per heavy atom. The summed E-state index contributed by atoms with van der Waals surface area (Å²) in [5.41, 5.74) is 9.44. The van der Waals surface area contributed by atoms with Crippen LogP contribution in [0.15, 0.2) is 48.5 Å². The minimum absolute atomic E-state index is 0.0866. The summed E-state index contributed by atoms with van der Waals surface area (Å²) in [5.74, 6) is 0.0866. The van der Waals surface area contributed by atoms with Crippen molar-refractivity contribution < 1.29 is 4.79 Å². The SMILES string of the molecule is CC(=O)c1ccccc1-c1ccc(CN)cc1. The van der Waals surface area contributed by atoms with Gasteiger partial charge in [-0.1, -0.05) is 48.5 Å². The summed E-state index contributed by atoms with van der Waals surface area (Å²) in [7, 11) is 0. The molecule has 0 saturated heterocycles. The van der Waals surface area contributed by atoms with Gasteiger partial charge >= 0.3 is 0 Å². The normalized spacial score (nSPS) is 10.2. The minimum Gasteiger partial charge on any atom is -0.326 e. The van der Waals surface area contributed by atoms with Crippen LogP contribution in [0.2, 0.25) is 0 Å². The highest BCUT2D eigenvalue weighted by atomic mass is 16.1. The van der Waals surface area contributed by atoms with Crippen LogP contribution in [0.3, 0.4) is 0 Å². The maximum atomic E-state index is 11.5. The molecule has 2 heteroatoms. The van der Waals surface area contributed by atoms with Gasteiger partial charge in [-0.3, -0.25) is 4.79 Å². The van der Waals surface area contributed by atoms with Crippen LogP contribution in [-0.2, 0) is 6.54 Å². The third-order valence-electron chi connectivity index (χ3n) is 2.81. The smallest absolute Gasteiger partial charge is 0.160 e. The second kappa shape index (κ2) is 4.93. The molecule has 2 aromatic carbocycles. The minimum atomic E-state index is 0.0866. The van der Waals surface area contributed by atoms with Gasteiger partial charge < -0.3 is 5.73 Å². The molecule has 0 atom stereocenters. The average Bonchev–Trinajstić information content (AvgIpc) is 2.39. The molecule has 0 amide bonds. The number of hydrogen-bond acceptors (Lipinski definition) is 2. The fourth-order valence-corrected chi connectivity index (χ4v) is 1.86. The molecule has 0 heterocycles. The average molecular weight is 225 g/mol. The first kappa shape index (κ1) is 11.6. The maximum Gasteiger partial charge on any atom is 0.160 e. The molecular formula is C15H15NO. The zero-order valence-corrected chi connectivity index (χ0v) is 9.81. The van der Waals surface area contributed by atoms with E-state index in [1.54, 1.807) is 6.92 Å². The van der Waals surface area contributed by atoms with Crippen LogP contribution < -0.4 is 5.73 Å². The summed E-state index contributed by atoms with van der Waals surface area (Å²) in [6, 6.07) is 15.6. The summed E-state index contributed by atoms with van der Waals surface area (Å²) >= 11 is 0. The molecular weight excluding hydrogens is 210 g/mol. The van der Waals surface area contributed by atoms with E-state index in [2.05, 4.69) is 0 Å². The van der Waals surface area contributed by atoms with Gasteiger partial charge in [0.2, 0.25) is 0 Å². The molecule has 0 unspecified atom stereocenters. The van der Waals surface area contributed by atoms with Crippen molar-refractivity contribution in [1.82, 2.24) is 0 Å². The summed E-state index contributed by atoms with van der Waals surface area (Å²) in [5, 5.41) is 0. The Bertz CT molecular complexity index is 529. The quantitative estimate of drug-likeness (QED) is 0.816. The second-order valence-corrected chi connectivity index (χ2v) is 4.00. The van der Waals surface area contributed by atoms with E-state index in [9.17, 15) is 4.79 Å². The number of Topliss-reactive ketones (excluding diaryl/α,β-unsaturated/α-hetero) is 1. The van der Waals surface area contributed by atoms with E-state index in [0.717, 1.165) is 22.3 Å². The fourth-order valence-electron chi connectivity index (χ4n) is 1.86. The Labute approximate surface area is 101 Å². The van der Waals surface area contributed by atoms with Crippen molar-refractivity contribution in [3.63, 3.8) is 0 Å². The topological polar surface area (TPSA) is 43.1 Å². The van der Waals surface area contributed by atoms with Crippen molar-refractivity contribution >= 4 is 5.78 Å². The van der Waals surface area contributed by atoms with Crippen molar-refractivity contribution in [3.05, 3.63) is 59.7 Å². The van der Waals surface area contributed by atoms with Gasteiger partial charge in [-0.15, -0.1) is 0 Å². The van der Waals surface area contributed by atoms with Gasteiger partial charge in [0.25, 0.3) is 0 Å². The highest BCUT2D eigenvalue weighted by Crippen LogP contribution is 2.24. The standard InChI is InChI=1S/C15H15NO/c1-11(17)14-4-2-3-5-15(14)13-8-6-12(10-16)7-9-13/h2-9H,10,16H2,1H3. The summed E-state index contributed by atoms with van der Waals surface area (Å²) in [6.07, 6.45) is 0. The van der Waals surface area contributed by atoms with Gasteiger partial charge in [-0.25, -0.2) is 0 Å². The number of rotatable bonds is 3. The first-order valence-corrected chi connectivity index (χ1v) is 5.61. The van der Waals surface area contributed by atoms with E-state index < -0.39 is 0 Å². The molecule has 2 aromatic rings. The van der Waals surface area contributed by atoms with Crippen LogP contribution in [0.4, 0.5) is 0 Å². The monoisotopic (exact) mass is 225 g/mol. The largest absolute Gasteiger partial charge is 0.326 e. The summed E-state index contributed by atoms with van der Waals surface area (Å²) in [4.78, 5) is 11.5. The lowest BCUT2D eigenvalue weighted by atomic mass is 9.97. The van der Waals surface area contributed by atoms with Gasteiger partial charge in [-0.05, 0) is 23.6 Å². The molecule has 2 N–H and O–H groups in total. The molecule has 2 nitrogen and oxygen atoms in total. The predicted molar refractivity (Wildman–Crippen MR) is 69.8 cm³/mol. The lowest BCUT2D eigenvalue weighted by Gasteiger charge is -2.07. The number of ketones is 1. The van der Waals surface area contributed by atoms with Gasteiger partial charge in [-0.2, -0.15) is 0 Å². The molecule has 0 bridgehead atoms. The molecule has 0 aliphatic rings. The number of benzene rings is 2. The number of hydrogen-bond donors (Lipinski definition) is 1. The third kappa shape index (κ3) is 2.43. The lowest BCUT2D eigenvalue weighted by molar-refractivity contribution is 0.101. The van der Waals surface area contributed by atoms with Crippen LogP contribution in [0.5, 0.6) is 0 Å². The van der Waals surface area contributed by atoms with Gasteiger partial charge in [0, 0.05) is 12.1 Å². The van der Waals surface area contributed by atoms with Gasteiger partial charge in [0.05, 0.1) is 0 Å². The maximum absolute atomic E-state index is 11.5. The van der Waals surface area contributed by atoms with Crippen LogP contribution in [0.25, 0.3) is 11.1 Å². The number of carbonyl (C=O) groups excluding carboxylic acids is 1. The molecule has 86 valence electrons. The highest BCUT2D eigenvalue weighted by Gasteiger charge is 2.07. The Morgan fingerprint density at radius 2 is 1.71 bits per heavy atom. The molecule has 0 radical (unpaired) electrons. The van der Waals surface area contributed by atoms with E-state index in [1.807, 2.05) is 48.5 Å². The number of carbonyl (C=O) groups is 1. The second-order valence-electron chi connectivity index (χ2n) is 4.00. The zero-order chi connectivity index (χ0) is 12.3. The molecule has 0 aromatic heterocycles. The zero-order valence-electron chi connectivity index (χ0n) is 9.81. The molecule has 17 heavy (non-hydrogen) atoms. The van der Waals surface area contributed by atoms with Crippen LogP contribution >= 0.6 is 0 Å². The first-order chi connectivity index (χ1) is 8.22. The van der Waals surface area contributed by atoms with Crippen LogP contribution in [0, 0.1) is 0 Å². The Kier molecular flexibility index (Phi) is 3.35. The van der Waals surface area contributed by atoms with Crippen molar-refractivity contribution in [1.29, 1.82) is 0 Å². The predicted octanol–water partition coefficient (Wildman–Crippen LogP) is 3.01. The van der Waals surface area contributed by atoms with Gasteiger partial charge in [0.1, 0.15) is 0 Å². The Hall–Kier alpha value is -1.93. The van der Waals surface area contributed by atoms with Crippen LogP contribution in [-0.4, -0.2) is 5.78 Å². The van der Waals surface area contributed by atoms with Gasteiger partial charge in [0.15, 0.2) is 5.78 Å². The molecule has 0 aliphatic carbocycles. The van der Waals surface area contributed by atoms with Crippen molar-refractivity contribution in [2.75, 3.05) is 0 Å². The Balaban J connectivity index is 2.48. The van der Waals surface area contributed by atoms with E-state index in [1.165, 1.54) is 0 Å². The fraction of sp³-hybridized carbons (Fsp3) is 0.133.